The van der Waals surface area contributed by atoms with Gasteiger partial charge in [0.1, 0.15) is 0 Å². The van der Waals surface area contributed by atoms with E-state index in [0.717, 1.165) is 0 Å². The number of rotatable bonds is 9. The van der Waals surface area contributed by atoms with Crippen LogP contribution in [0, 0.1) is 16.2 Å². The number of nitrogens with one attached hydrogen (secondary N) is 6. The third-order valence-corrected chi connectivity index (χ3v) is 2.28. The average molecular weight is 553 g/mol. The minimum Gasteiger partial charge on any atom is -0.369 e. The Kier molecular flexibility index (Phi) is 22.3. The molecule has 0 bridgehead atoms. The second-order valence-electron chi connectivity index (χ2n) is 6.15. The predicted octanol–water partition coefficient (Wildman–Crippen LogP) is -5.69. The first-order valence-corrected chi connectivity index (χ1v) is 9.85. The number of nitrogens with zero attached hydrogens (tertiary/aromatic N) is 9. The van der Waals surface area contributed by atoms with Crippen LogP contribution in [-0.4, -0.2) is 71.5 Å². The van der Waals surface area contributed by atoms with E-state index >= 15 is 0 Å². The van der Waals surface area contributed by atoms with Crippen LogP contribution in [0.2, 0.25) is 0 Å². The van der Waals surface area contributed by atoms with Crippen molar-refractivity contribution in [1.82, 2.24) is 16.3 Å². The SMILES string of the molecule is CC(/C=N/NC(=N)N)=N\N=C(N)N.CC(/C=N/NC(=N)N)=N\N=C(N)N.CC(/C=N/NC(=N)N)=N\N=C(N)N. The third kappa shape index (κ3) is 39.2. The maximum atomic E-state index is 6.75. The van der Waals surface area contributed by atoms with E-state index in [2.05, 4.69) is 62.2 Å². The molecule has 0 heterocycles. The molecule has 0 aromatic carbocycles. The van der Waals surface area contributed by atoms with Gasteiger partial charge in [0.15, 0.2) is 0 Å². The normalized spacial score (nSPS) is 11.3. The van der Waals surface area contributed by atoms with Gasteiger partial charge in [-0.05, 0) is 20.8 Å². The van der Waals surface area contributed by atoms with Crippen molar-refractivity contribution in [2.24, 2.45) is 97.5 Å². The minimum atomic E-state index is -0.258. The van der Waals surface area contributed by atoms with Gasteiger partial charge in [-0.1, -0.05) is 0 Å². The molecule has 0 radical (unpaired) electrons. The average Bonchev–Trinajstić information content (AvgIpc) is 2.80. The molecule has 0 fully saturated rings. The van der Waals surface area contributed by atoms with E-state index in [1.54, 1.807) is 20.8 Å². The summed E-state index contributed by atoms with van der Waals surface area (Å²) in [7, 11) is 0. The Morgan fingerprint density at radius 2 is 0.641 bits per heavy atom. The zero-order chi connectivity index (χ0) is 30.8. The van der Waals surface area contributed by atoms with Gasteiger partial charge in [0.2, 0.25) is 35.8 Å². The Hall–Kier alpha value is -6.36. The van der Waals surface area contributed by atoms with Crippen LogP contribution in [0.3, 0.4) is 0 Å². The van der Waals surface area contributed by atoms with Crippen LogP contribution < -0.4 is 67.9 Å². The van der Waals surface area contributed by atoms with Crippen LogP contribution in [0.5, 0.6) is 0 Å². The van der Waals surface area contributed by atoms with Crippen LogP contribution >= 0.6 is 0 Å². The molecule has 0 spiro atoms. The molecular formula is C15H36N24. The molecule has 24 heteroatoms. The largest absolute Gasteiger partial charge is 0.369 e. The summed E-state index contributed by atoms with van der Waals surface area (Å²) >= 11 is 0. The molecule has 0 unspecified atom stereocenters. The fourth-order valence-electron chi connectivity index (χ4n) is 1.07. The molecule has 0 amide bonds. The highest BCUT2D eigenvalue weighted by Gasteiger charge is 1.86. The molecule has 24 N–H and O–H groups in total. The van der Waals surface area contributed by atoms with E-state index in [-0.39, 0.29) is 35.8 Å². The lowest BCUT2D eigenvalue weighted by Crippen LogP contribution is -2.25. The first-order chi connectivity index (χ1) is 18.1. The molecule has 0 aliphatic rings. The molecule has 0 saturated carbocycles. The lowest BCUT2D eigenvalue weighted by molar-refractivity contribution is 1.00. The Balaban J connectivity index is -0.000000498. The molecule has 0 aromatic rings. The second kappa shape index (κ2) is 23.4. The number of hydrazone groups is 3. The van der Waals surface area contributed by atoms with E-state index in [1.165, 1.54) is 18.6 Å². The van der Waals surface area contributed by atoms with Crippen molar-refractivity contribution < 1.29 is 0 Å². The summed E-state index contributed by atoms with van der Waals surface area (Å²) < 4.78 is 0. The fraction of sp³-hybridized carbons (Fsp3) is 0.200. The first-order valence-electron chi connectivity index (χ1n) is 9.85. The van der Waals surface area contributed by atoms with E-state index < -0.39 is 0 Å². The quantitative estimate of drug-likeness (QED) is 0.0722. The molecule has 24 nitrogen and oxygen atoms in total. The van der Waals surface area contributed by atoms with E-state index in [4.69, 9.17) is 67.8 Å². The molecule has 39 heavy (non-hydrogen) atoms. The van der Waals surface area contributed by atoms with Crippen LogP contribution in [-0.2, 0) is 0 Å². The van der Waals surface area contributed by atoms with Gasteiger partial charge in [-0.15, -0.1) is 15.3 Å². The van der Waals surface area contributed by atoms with Gasteiger partial charge in [-0.25, -0.2) is 16.3 Å². The highest BCUT2D eigenvalue weighted by Crippen LogP contribution is 1.76. The summed E-state index contributed by atoms with van der Waals surface area (Å²) in [5.74, 6) is -1.17. The third-order valence-electron chi connectivity index (χ3n) is 2.28. The maximum Gasteiger partial charge on any atom is 0.211 e. The lowest BCUT2D eigenvalue weighted by atomic mass is 10.5. The number of nitrogens with two attached hydrogens (primary N) is 9. The molecule has 0 rings (SSSR count). The summed E-state index contributed by atoms with van der Waals surface area (Å²) in [5.41, 5.74) is 53.0. The molecule has 0 aliphatic carbocycles. The maximum absolute atomic E-state index is 6.75. The molecule has 0 aliphatic heterocycles. The summed E-state index contributed by atoms with van der Waals surface area (Å²) in [6, 6.07) is 0. The first kappa shape index (κ1) is 37.2. The van der Waals surface area contributed by atoms with E-state index in [9.17, 15) is 0 Å². The molecule has 0 saturated heterocycles. The van der Waals surface area contributed by atoms with Crippen molar-refractivity contribution in [3.05, 3.63) is 0 Å². The van der Waals surface area contributed by atoms with Crippen LogP contribution in [0.15, 0.2) is 45.9 Å². The van der Waals surface area contributed by atoms with Crippen molar-refractivity contribution in [3.63, 3.8) is 0 Å². The Morgan fingerprint density at radius 3 is 0.795 bits per heavy atom. The number of hydrogen-bond acceptors (Lipinski definition) is 12. The van der Waals surface area contributed by atoms with Crippen molar-refractivity contribution >= 4 is 71.5 Å². The summed E-state index contributed by atoms with van der Waals surface area (Å²) in [4.78, 5) is 0. The van der Waals surface area contributed by atoms with Gasteiger partial charge in [0.05, 0.1) is 35.8 Å². The number of guanidine groups is 6. The Morgan fingerprint density at radius 1 is 0.436 bits per heavy atom. The zero-order valence-electron chi connectivity index (χ0n) is 21.5. The summed E-state index contributed by atoms with van der Waals surface area (Å²) in [6.07, 6.45) is 3.98. The number of hydrogen-bond donors (Lipinski definition) is 15. The lowest BCUT2D eigenvalue weighted by Gasteiger charge is -1.92. The minimum absolute atomic E-state index is 0.132. The summed E-state index contributed by atoms with van der Waals surface area (Å²) in [6.45, 7) is 4.91. The van der Waals surface area contributed by atoms with Gasteiger partial charge in [0.25, 0.3) is 0 Å². The van der Waals surface area contributed by atoms with E-state index in [0.29, 0.717) is 17.1 Å². The standard InChI is InChI=1S/3C5H12N8/c3*1-3(11-13-5(8)9)2-10-12-4(6)7/h3*2H,1H3,(H4,6,7,12)(H4,8,9,13)/b3*10-2+,11-3+. The van der Waals surface area contributed by atoms with Crippen LogP contribution in [0.1, 0.15) is 20.8 Å². The highest BCUT2D eigenvalue weighted by atomic mass is 15.4. The van der Waals surface area contributed by atoms with Crippen LogP contribution in [0.25, 0.3) is 0 Å². The van der Waals surface area contributed by atoms with Crippen molar-refractivity contribution in [1.29, 1.82) is 16.2 Å². The zero-order valence-corrected chi connectivity index (χ0v) is 21.5. The van der Waals surface area contributed by atoms with Gasteiger partial charge in [-0.2, -0.15) is 30.6 Å². The molecular weight excluding hydrogens is 516 g/mol. The van der Waals surface area contributed by atoms with Gasteiger partial charge in [0, 0.05) is 0 Å². The smallest absolute Gasteiger partial charge is 0.211 e. The van der Waals surface area contributed by atoms with Crippen molar-refractivity contribution in [3.8, 4) is 0 Å². The molecule has 216 valence electrons. The monoisotopic (exact) mass is 552 g/mol. The summed E-state index contributed by atoms with van der Waals surface area (Å²) in [5, 5.41) is 51.7. The van der Waals surface area contributed by atoms with Gasteiger partial charge in [-0.3, -0.25) is 16.2 Å². The van der Waals surface area contributed by atoms with Gasteiger partial charge >= 0.3 is 0 Å². The van der Waals surface area contributed by atoms with Crippen LogP contribution in [0.4, 0.5) is 0 Å². The van der Waals surface area contributed by atoms with E-state index in [1.807, 2.05) is 0 Å². The van der Waals surface area contributed by atoms with Gasteiger partial charge < -0.3 is 51.6 Å². The molecule has 0 atom stereocenters. The Bertz CT molecular complexity index is 906. The van der Waals surface area contributed by atoms with Crippen molar-refractivity contribution in [2.75, 3.05) is 0 Å². The molecule has 0 aromatic heterocycles. The topological polar surface area (TPSA) is 453 Å². The Labute approximate surface area is 223 Å². The second-order valence-corrected chi connectivity index (χ2v) is 6.15. The highest BCUT2D eigenvalue weighted by molar-refractivity contribution is 6.30. The van der Waals surface area contributed by atoms with Crippen molar-refractivity contribution in [2.45, 2.75) is 20.8 Å². The predicted molar refractivity (Wildman–Crippen MR) is 157 cm³/mol. The fourth-order valence-corrected chi connectivity index (χ4v) is 1.07.